The Kier molecular flexibility index (Phi) is 2.23. The largest absolute Gasteiger partial charge is 0.436 e. The molecule has 17 heavy (non-hydrogen) atoms. The van der Waals surface area contributed by atoms with Crippen LogP contribution < -0.4 is 5.73 Å². The number of rotatable bonds is 1. The Labute approximate surface area is 102 Å². The van der Waals surface area contributed by atoms with Crippen molar-refractivity contribution in [1.82, 2.24) is 9.97 Å². The van der Waals surface area contributed by atoms with E-state index in [1.54, 1.807) is 36.7 Å². The van der Waals surface area contributed by atoms with Crippen LogP contribution in [0.2, 0.25) is 5.02 Å². The molecule has 1 aromatic carbocycles. The smallest absolute Gasteiger partial charge is 0.228 e. The molecule has 3 aromatic rings. The van der Waals surface area contributed by atoms with Gasteiger partial charge in [0.1, 0.15) is 5.52 Å². The lowest BCUT2D eigenvalue weighted by atomic mass is 10.2. The van der Waals surface area contributed by atoms with Crippen molar-refractivity contribution in [1.29, 1.82) is 0 Å². The summed E-state index contributed by atoms with van der Waals surface area (Å²) >= 11 is 6.09. The van der Waals surface area contributed by atoms with Gasteiger partial charge in [0.05, 0.1) is 16.8 Å². The number of nitrogens with zero attached hydrogens (tertiary/aromatic N) is 2. The van der Waals surface area contributed by atoms with Gasteiger partial charge in [-0.05, 0) is 18.2 Å². The molecule has 0 aliphatic heterocycles. The average Bonchev–Trinajstić information content (AvgIpc) is 2.75. The SMILES string of the molecule is Nc1ccc(Cl)c(-c2nc3cnccc3o2)c1. The van der Waals surface area contributed by atoms with Gasteiger partial charge in [-0.1, -0.05) is 11.6 Å². The highest BCUT2D eigenvalue weighted by molar-refractivity contribution is 6.33. The summed E-state index contributed by atoms with van der Waals surface area (Å²) in [5, 5.41) is 0.554. The van der Waals surface area contributed by atoms with Gasteiger partial charge in [-0.25, -0.2) is 4.98 Å². The van der Waals surface area contributed by atoms with Crippen molar-refractivity contribution in [3.63, 3.8) is 0 Å². The first kappa shape index (κ1) is 10.1. The number of benzene rings is 1. The summed E-state index contributed by atoms with van der Waals surface area (Å²) in [5.41, 5.74) is 8.39. The van der Waals surface area contributed by atoms with Crippen molar-refractivity contribution >= 4 is 28.4 Å². The van der Waals surface area contributed by atoms with E-state index in [1.807, 2.05) is 0 Å². The number of oxazole rings is 1. The Morgan fingerprint density at radius 2 is 2.12 bits per heavy atom. The van der Waals surface area contributed by atoms with Gasteiger partial charge in [0.25, 0.3) is 0 Å². The number of anilines is 1. The minimum absolute atomic E-state index is 0.449. The van der Waals surface area contributed by atoms with Crippen LogP contribution in [0.3, 0.4) is 0 Å². The zero-order valence-corrected chi connectivity index (χ0v) is 9.48. The molecule has 4 nitrogen and oxygen atoms in total. The lowest BCUT2D eigenvalue weighted by Gasteiger charge is -2.00. The fourth-order valence-corrected chi connectivity index (χ4v) is 1.80. The summed E-state index contributed by atoms with van der Waals surface area (Å²) in [6.07, 6.45) is 3.29. The van der Waals surface area contributed by atoms with Crippen LogP contribution in [-0.4, -0.2) is 9.97 Å². The molecule has 0 unspecified atom stereocenters. The minimum Gasteiger partial charge on any atom is -0.436 e. The van der Waals surface area contributed by atoms with E-state index in [9.17, 15) is 0 Å². The number of hydrogen-bond donors (Lipinski definition) is 1. The van der Waals surface area contributed by atoms with Crippen molar-refractivity contribution in [2.45, 2.75) is 0 Å². The Bertz CT molecular complexity index is 660. The van der Waals surface area contributed by atoms with E-state index >= 15 is 0 Å². The normalized spacial score (nSPS) is 10.9. The van der Waals surface area contributed by atoms with Gasteiger partial charge in [0.2, 0.25) is 5.89 Å². The molecule has 2 heterocycles. The fourth-order valence-electron chi connectivity index (χ4n) is 1.60. The second-order valence-electron chi connectivity index (χ2n) is 3.60. The molecular formula is C12H8ClN3O. The maximum Gasteiger partial charge on any atom is 0.228 e. The highest BCUT2D eigenvalue weighted by Crippen LogP contribution is 2.31. The molecule has 0 spiro atoms. The van der Waals surface area contributed by atoms with Crippen molar-refractivity contribution in [2.24, 2.45) is 0 Å². The molecule has 0 aliphatic carbocycles. The van der Waals surface area contributed by atoms with Crippen LogP contribution in [0.25, 0.3) is 22.6 Å². The Hall–Kier alpha value is -2.07. The van der Waals surface area contributed by atoms with Crippen molar-refractivity contribution in [3.05, 3.63) is 41.7 Å². The number of nitrogen functional groups attached to an aromatic ring is 1. The van der Waals surface area contributed by atoms with Gasteiger partial charge < -0.3 is 10.2 Å². The van der Waals surface area contributed by atoms with E-state index in [1.165, 1.54) is 0 Å². The number of fused-ring (bicyclic) bond motifs is 1. The van der Waals surface area contributed by atoms with Crippen LogP contribution in [-0.2, 0) is 0 Å². The van der Waals surface area contributed by atoms with Crippen LogP contribution in [0.15, 0.2) is 41.1 Å². The molecule has 84 valence electrons. The first-order valence-corrected chi connectivity index (χ1v) is 5.38. The van der Waals surface area contributed by atoms with Crippen molar-refractivity contribution in [3.8, 4) is 11.5 Å². The summed E-state index contributed by atoms with van der Waals surface area (Å²) < 4.78 is 5.60. The Balaban J connectivity index is 2.23. The summed E-state index contributed by atoms with van der Waals surface area (Å²) in [6, 6.07) is 6.95. The third-order valence-corrected chi connectivity index (χ3v) is 2.74. The highest BCUT2D eigenvalue weighted by atomic mass is 35.5. The van der Waals surface area contributed by atoms with Crippen LogP contribution in [0.1, 0.15) is 0 Å². The van der Waals surface area contributed by atoms with Gasteiger partial charge in [-0.2, -0.15) is 0 Å². The summed E-state index contributed by atoms with van der Waals surface area (Å²) in [7, 11) is 0. The third kappa shape index (κ3) is 1.72. The second kappa shape index (κ2) is 3.75. The topological polar surface area (TPSA) is 64.9 Å². The second-order valence-corrected chi connectivity index (χ2v) is 4.01. The summed E-state index contributed by atoms with van der Waals surface area (Å²) in [6.45, 7) is 0. The molecule has 0 atom stereocenters. The predicted octanol–water partition coefficient (Wildman–Crippen LogP) is 3.13. The van der Waals surface area contributed by atoms with Crippen LogP contribution in [0, 0.1) is 0 Å². The van der Waals surface area contributed by atoms with Crippen LogP contribution in [0.4, 0.5) is 5.69 Å². The monoisotopic (exact) mass is 245 g/mol. The average molecular weight is 246 g/mol. The Morgan fingerprint density at radius 1 is 1.24 bits per heavy atom. The predicted molar refractivity (Wildman–Crippen MR) is 66.7 cm³/mol. The van der Waals surface area contributed by atoms with E-state index in [2.05, 4.69) is 9.97 Å². The molecule has 0 saturated carbocycles. The Morgan fingerprint density at radius 3 is 2.94 bits per heavy atom. The van der Waals surface area contributed by atoms with E-state index in [4.69, 9.17) is 21.8 Å². The maximum atomic E-state index is 6.09. The third-order valence-electron chi connectivity index (χ3n) is 2.41. The number of pyridine rings is 1. The quantitative estimate of drug-likeness (QED) is 0.669. The van der Waals surface area contributed by atoms with Gasteiger partial charge in [0.15, 0.2) is 5.58 Å². The van der Waals surface area contributed by atoms with Crippen molar-refractivity contribution < 1.29 is 4.42 Å². The molecule has 5 heteroatoms. The zero-order chi connectivity index (χ0) is 11.8. The van der Waals surface area contributed by atoms with E-state index in [-0.39, 0.29) is 0 Å². The lowest BCUT2D eigenvalue weighted by molar-refractivity contribution is 0.619. The summed E-state index contributed by atoms with van der Waals surface area (Å²) in [4.78, 5) is 8.30. The first-order valence-electron chi connectivity index (χ1n) is 5.00. The van der Waals surface area contributed by atoms with Gasteiger partial charge in [0, 0.05) is 18.0 Å². The molecule has 0 fully saturated rings. The standard InChI is InChI=1S/C12H8ClN3O/c13-9-2-1-7(14)5-8(9)12-16-10-6-15-4-3-11(10)17-12/h1-6H,14H2. The molecular weight excluding hydrogens is 238 g/mol. The zero-order valence-electron chi connectivity index (χ0n) is 8.72. The fraction of sp³-hybridized carbons (Fsp3) is 0. The first-order chi connectivity index (χ1) is 8.24. The summed E-state index contributed by atoms with van der Waals surface area (Å²) in [5.74, 6) is 0.449. The number of halogens is 1. The molecule has 0 amide bonds. The number of nitrogens with two attached hydrogens (primary N) is 1. The van der Waals surface area contributed by atoms with Gasteiger partial charge >= 0.3 is 0 Å². The molecule has 0 aliphatic rings. The molecule has 2 aromatic heterocycles. The molecule has 0 bridgehead atoms. The maximum absolute atomic E-state index is 6.09. The van der Waals surface area contributed by atoms with Crippen LogP contribution in [0.5, 0.6) is 0 Å². The number of hydrogen-bond acceptors (Lipinski definition) is 4. The van der Waals surface area contributed by atoms with Crippen LogP contribution >= 0.6 is 11.6 Å². The van der Waals surface area contributed by atoms with E-state index < -0.39 is 0 Å². The van der Waals surface area contributed by atoms with E-state index in [0.29, 0.717) is 33.3 Å². The number of aromatic nitrogens is 2. The molecule has 3 rings (SSSR count). The molecule has 2 N–H and O–H groups in total. The van der Waals surface area contributed by atoms with Crippen molar-refractivity contribution in [2.75, 3.05) is 5.73 Å². The molecule has 0 radical (unpaired) electrons. The van der Waals surface area contributed by atoms with Gasteiger partial charge in [-0.15, -0.1) is 0 Å². The van der Waals surface area contributed by atoms with E-state index in [0.717, 1.165) is 0 Å². The minimum atomic E-state index is 0.449. The lowest BCUT2D eigenvalue weighted by Crippen LogP contribution is -1.86. The highest BCUT2D eigenvalue weighted by Gasteiger charge is 2.11. The van der Waals surface area contributed by atoms with Gasteiger partial charge in [-0.3, -0.25) is 4.98 Å². The molecule has 0 saturated heterocycles.